The number of ether oxygens (including phenoxy) is 1. The molecule has 0 aliphatic carbocycles. The smallest absolute Gasteiger partial charge is 0.250 e. The van der Waals surface area contributed by atoms with Crippen LogP contribution in [0, 0.1) is 0 Å². The van der Waals surface area contributed by atoms with E-state index in [0.717, 1.165) is 16.7 Å². The molecule has 0 saturated heterocycles. The zero-order chi connectivity index (χ0) is 26.0. The molecule has 0 bridgehead atoms. The van der Waals surface area contributed by atoms with Crippen LogP contribution in [-0.4, -0.2) is 23.0 Å². The molecule has 0 heterocycles. The minimum absolute atomic E-state index is 0.389. The fraction of sp³-hybridized carbons (Fsp3) is 0.133. The van der Waals surface area contributed by atoms with Crippen molar-refractivity contribution < 1.29 is 19.4 Å². The topological polar surface area (TPSA) is 87.7 Å². The van der Waals surface area contributed by atoms with Gasteiger partial charge < -0.3 is 20.5 Å². The van der Waals surface area contributed by atoms with E-state index >= 15 is 0 Å². The van der Waals surface area contributed by atoms with Gasteiger partial charge in [0, 0.05) is 10.7 Å². The number of aliphatic hydroxyl groups excluding tert-OH is 1. The first-order valence-electron chi connectivity index (χ1n) is 11.8. The number of benzene rings is 4. The Labute approximate surface area is 220 Å². The van der Waals surface area contributed by atoms with Crippen molar-refractivity contribution in [3.63, 3.8) is 0 Å². The summed E-state index contributed by atoms with van der Waals surface area (Å²) in [5, 5.41) is 16.6. The molecule has 4 aromatic carbocycles. The molecule has 0 aliphatic rings. The molecule has 0 radical (unpaired) electrons. The van der Waals surface area contributed by atoms with Crippen LogP contribution in [-0.2, 0) is 16.2 Å². The summed E-state index contributed by atoms with van der Waals surface area (Å²) in [6.45, 7) is 0.438. The van der Waals surface area contributed by atoms with Gasteiger partial charge in [0.2, 0.25) is 11.8 Å². The largest absolute Gasteiger partial charge is 0.489 e. The minimum Gasteiger partial charge on any atom is -0.489 e. The second-order valence-corrected chi connectivity index (χ2v) is 8.91. The lowest BCUT2D eigenvalue weighted by atomic mass is 9.98. The van der Waals surface area contributed by atoms with Crippen molar-refractivity contribution in [2.24, 2.45) is 0 Å². The Morgan fingerprint density at radius 3 is 2.03 bits per heavy atom. The van der Waals surface area contributed by atoms with E-state index in [1.54, 1.807) is 36.4 Å². The van der Waals surface area contributed by atoms with Crippen LogP contribution < -0.4 is 15.4 Å². The number of hydrogen-bond acceptors (Lipinski definition) is 4. The highest BCUT2D eigenvalue weighted by atomic mass is 35.5. The fourth-order valence-corrected chi connectivity index (χ4v) is 3.88. The van der Waals surface area contributed by atoms with Crippen LogP contribution >= 0.6 is 11.6 Å². The van der Waals surface area contributed by atoms with Gasteiger partial charge in [0.25, 0.3) is 0 Å². The molecular weight excluding hydrogens is 488 g/mol. The molecule has 37 heavy (non-hydrogen) atoms. The summed E-state index contributed by atoms with van der Waals surface area (Å²) in [5.74, 6) is -0.470. The van der Waals surface area contributed by atoms with Gasteiger partial charge in [-0.3, -0.25) is 9.59 Å². The number of hydrogen-bond donors (Lipinski definition) is 3. The van der Waals surface area contributed by atoms with E-state index in [1.807, 2.05) is 72.8 Å². The lowest BCUT2D eigenvalue weighted by Gasteiger charge is -2.22. The second kappa shape index (κ2) is 12.7. The van der Waals surface area contributed by atoms with Crippen molar-refractivity contribution in [2.45, 2.75) is 25.2 Å². The highest BCUT2D eigenvalue weighted by Gasteiger charge is 2.24. The van der Waals surface area contributed by atoms with Gasteiger partial charge in [-0.1, -0.05) is 84.4 Å². The minimum atomic E-state index is -1.52. The van der Waals surface area contributed by atoms with E-state index < -0.39 is 24.0 Å². The molecule has 0 aromatic heterocycles. The van der Waals surface area contributed by atoms with Crippen LogP contribution in [0.15, 0.2) is 109 Å². The molecule has 2 unspecified atom stereocenters. The molecular formula is C30H27ClN2O4. The van der Waals surface area contributed by atoms with Crippen LogP contribution in [0.3, 0.4) is 0 Å². The zero-order valence-corrected chi connectivity index (χ0v) is 20.8. The number of aliphatic hydroxyl groups is 1. The van der Waals surface area contributed by atoms with Crippen LogP contribution in [0.5, 0.6) is 5.75 Å². The summed E-state index contributed by atoms with van der Waals surface area (Å²) < 4.78 is 5.75. The maximum Gasteiger partial charge on any atom is 0.250 e. The normalized spacial score (nSPS) is 12.3. The van der Waals surface area contributed by atoms with Gasteiger partial charge >= 0.3 is 0 Å². The molecule has 0 spiro atoms. The number of nitrogens with one attached hydrogen (secondary N) is 2. The predicted molar refractivity (Wildman–Crippen MR) is 144 cm³/mol. The first kappa shape index (κ1) is 25.9. The van der Waals surface area contributed by atoms with Crippen molar-refractivity contribution >= 4 is 29.1 Å². The maximum atomic E-state index is 12.8. The predicted octanol–water partition coefficient (Wildman–Crippen LogP) is 5.51. The molecule has 0 fully saturated rings. The van der Waals surface area contributed by atoms with Crippen molar-refractivity contribution in [1.82, 2.24) is 5.32 Å². The Balaban J connectivity index is 1.32. The first-order valence-corrected chi connectivity index (χ1v) is 12.2. The number of carbonyl (C=O) groups is 2. The third-order valence-corrected chi connectivity index (χ3v) is 5.94. The van der Waals surface area contributed by atoms with Crippen LogP contribution in [0.2, 0.25) is 5.02 Å². The lowest BCUT2D eigenvalue weighted by molar-refractivity contribution is -0.133. The van der Waals surface area contributed by atoms with Crippen LogP contribution in [0.1, 0.15) is 29.2 Å². The molecule has 7 heteroatoms. The highest BCUT2D eigenvalue weighted by molar-refractivity contribution is 6.30. The van der Waals surface area contributed by atoms with E-state index in [2.05, 4.69) is 10.6 Å². The van der Waals surface area contributed by atoms with E-state index in [9.17, 15) is 14.7 Å². The second-order valence-electron chi connectivity index (χ2n) is 8.47. The Morgan fingerprint density at radius 1 is 0.784 bits per heavy atom. The monoisotopic (exact) mass is 514 g/mol. The molecule has 0 aliphatic heterocycles. The van der Waals surface area contributed by atoms with Gasteiger partial charge in [-0.15, -0.1) is 0 Å². The lowest BCUT2D eigenvalue weighted by Crippen LogP contribution is -2.39. The van der Waals surface area contributed by atoms with Crippen LogP contribution in [0.25, 0.3) is 0 Å². The SMILES string of the molecule is O=C(CC(O)C(=O)NC(c1ccccc1)c1ccc(Cl)cc1)Nc1ccc(OCc2ccccc2)cc1. The summed E-state index contributed by atoms with van der Waals surface area (Å²) in [7, 11) is 0. The average Bonchev–Trinajstić information content (AvgIpc) is 2.93. The summed E-state index contributed by atoms with van der Waals surface area (Å²) >= 11 is 6.01. The zero-order valence-electron chi connectivity index (χ0n) is 20.0. The number of carbonyl (C=O) groups excluding carboxylic acids is 2. The Hall–Kier alpha value is -4.13. The number of rotatable bonds is 10. The quantitative estimate of drug-likeness (QED) is 0.260. The molecule has 2 atom stereocenters. The van der Waals surface area contributed by atoms with Gasteiger partial charge in [0.1, 0.15) is 18.5 Å². The Morgan fingerprint density at radius 2 is 1.38 bits per heavy atom. The van der Waals surface area contributed by atoms with Crippen molar-refractivity contribution in [2.75, 3.05) is 5.32 Å². The third kappa shape index (κ3) is 7.67. The summed E-state index contributed by atoms with van der Waals surface area (Å²) in [6, 6.07) is 32.7. The van der Waals surface area contributed by atoms with E-state index in [4.69, 9.17) is 16.3 Å². The number of amides is 2. The van der Waals surface area contributed by atoms with Gasteiger partial charge in [-0.05, 0) is 53.1 Å². The molecule has 188 valence electrons. The molecule has 0 saturated carbocycles. The highest BCUT2D eigenvalue weighted by Crippen LogP contribution is 2.24. The molecule has 4 aromatic rings. The van der Waals surface area contributed by atoms with Crippen molar-refractivity contribution in [3.05, 3.63) is 131 Å². The van der Waals surface area contributed by atoms with Gasteiger partial charge in [0.15, 0.2) is 0 Å². The van der Waals surface area contributed by atoms with Crippen molar-refractivity contribution in [1.29, 1.82) is 0 Å². The maximum absolute atomic E-state index is 12.8. The van der Waals surface area contributed by atoms with E-state index in [1.165, 1.54) is 0 Å². The van der Waals surface area contributed by atoms with E-state index in [-0.39, 0.29) is 6.42 Å². The fourth-order valence-electron chi connectivity index (χ4n) is 3.75. The third-order valence-electron chi connectivity index (χ3n) is 5.69. The van der Waals surface area contributed by atoms with Crippen molar-refractivity contribution in [3.8, 4) is 5.75 Å². The van der Waals surface area contributed by atoms with E-state index in [0.29, 0.717) is 23.1 Å². The molecule has 3 N–H and O–H groups in total. The standard InChI is InChI=1S/C30H27ClN2O4/c31-24-13-11-23(12-14-24)29(22-9-5-2-6-10-22)33-30(36)27(34)19-28(35)32-25-15-17-26(18-16-25)37-20-21-7-3-1-4-8-21/h1-18,27,29,34H,19-20H2,(H,32,35)(H,33,36). The summed E-state index contributed by atoms with van der Waals surface area (Å²) in [4.78, 5) is 25.3. The molecule has 6 nitrogen and oxygen atoms in total. The van der Waals surface area contributed by atoms with Crippen LogP contribution in [0.4, 0.5) is 5.69 Å². The molecule has 4 rings (SSSR count). The van der Waals surface area contributed by atoms with Gasteiger partial charge in [-0.2, -0.15) is 0 Å². The first-order chi connectivity index (χ1) is 18.0. The Kier molecular flexibility index (Phi) is 8.92. The number of halogens is 1. The number of anilines is 1. The van der Waals surface area contributed by atoms with Gasteiger partial charge in [0.05, 0.1) is 12.5 Å². The Bertz CT molecular complexity index is 1300. The van der Waals surface area contributed by atoms with Gasteiger partial charge in [-0.25, -0.2) is 0 Å². The average molecular weight is 515 g/mol. The summed E-state index contributed by atoms with van der Waals surface area (Å²) in [6.07, 6.45) is -1.91. The summed E-state index contributed by atoms with van der Waals surface area (Å²) in [5.41, 5.74) is 3.23. The molecule has 2 amide bonds.